The Morgan fingerprint density at radius 1 is 1.14 bits per heavy atom. The molecule has 0 aromatic carbocycles. The van der Waals surface area contributed by atoms with E-state index in [2.05, 4.69) is 10.1 Å². The highest BCUT2D eigenvalue weighted by molar-refractivity contribution is 4.99. The van der Waals surface area contributed by atoms with Gasteiger partial charge in [0.05, 0.1) is 18.6 Å². The summed E-state index contributed by atoms with van der Waals surface area (Å²) in [6.07, 6.45) is -4.14. The Balaban J connectivity index is 1.82. The minimum absolute atomic E-state index is 0.378. The summed E-state index contributed by atoms with van der Waals surface area (Å²) in [7, 11) is 0. The summed E-state index contributed by atoms with van der Waals surface area (Å²) in [6, 6.07) is 0. The minimum atomic E-state index is -4.14. The zero-order valence-corrected chi connectivity index (χ0v) is 12.2. The van der Waals surface area contributed by atoms with Crippen molar-refractivity contribution < 1.29 is 17.7 Å². The van der Waals surface area contributed by atoms with Crippen LogP contribution in [-0.2, 0) is 12.1 Å². The van der Waals surface area contributed by atoms with Gasteiger partial charge >= 0.3 is 6.18 Å². The van der Waals surface area contributed by atoms with Crippen LogP contribution in [0.3, 0.4) is 0 Å². The molecule has 120 valence electrons. The highest BCUT2D eigenvalue weighted by Crippen LogP contribution is 2.18. The second-order valence-corrected chi connectivity index (χ2v) is 5.90. The topological polar surface area (TPSA) is 71.4 Å². The van der Waals surface area contributed by atoms with Crippen molar-refractivity contribution in [2.24, 2.45) is 5.73 Å². The van der Waals surface area contributed by atoms with E-state index in [1.54, 1.807) is 13.8 Å². The highest BCUT2D eigenvalue weighted by Gasteiger charge is 2.32. The Bertz CT molecular complexity index is 460. The van der Waals surface area contributed by atoms with Gasteiger partial charge in [0, 0.05) is 26.2 Å². The molecule has 1 aliphatic heterocycles. The Morgan fingerprint density at radius 2 is 1.71 bits per heavy atom. The molecule has 2 rings (SSSR count). The molecule has 6 nitrogen and oxygen atoms in total. The predicted octanol–water partition coefficient (Wildman–Crippen LogP) is 0.943. The molecule has 0 aliphatic carbocycles. The Labute approximate surface area is 121 Å². The van der Waals surface area contributed by atoms with Crippen LogP contribution in [0.2, 0.25) is 0 Å². The quantitative estimate of drug-likeness (QED) is 0.893. The number of nitrogens with zero attached hydrogens (tertiary/aromatic N) is 4. The van der Waals surface area contributed by atoms with E-state index in [1.807, 2.05) is 4.90 Å². The number of aromatic nitrogens is 2. The van der Waals surface area contributed by atoms with Crippen molar-refractivity contribution >= 4 is 0 Å². The van der Waals surface area contributed by atoms with E-state index in [9.17, 15) is 13.2 Å². The van der Waals surface area contributed by atoms with Gasteiger partial charge in [0.25, 0.3) is 0 Å². The molecule has 2 heterocycles. The third-order valence-corrected chi connectivity index (χ3v) is 3.27. The monoisotopic (exact) mass is 307 g/mol. The summed E-state index contributed by atoms with van der Waals surface area (Å²) < 4.78 is 42.0. The van der Waals surface area contributed by atoms with Crippen LogP contribution in [0.1, 0.15) is 25.6 Å². The summed E-state index contributed by atoms with van der Waals surface area (Å²) in [6.45, 7) is 4.97. The average Bonchev–Trinajstić information content (AvgIpc) is 2.78. The van der Waals surface area contributed by atoms with Gasteiger partial charge in [-0.2, -0.15) is 18.2 Å². The molecule has 0 amide bonds. The number of piperazine rings is 1. The van der Waals surface area contributed by atoms with E-state index in [1.165, 1.54) is 4.90 Å². The van der Waals surface area contributed by atoms with Crippen LogP contribution >= 0.6 is 0 Å². The molecule has 2 N–H and O–H groups in total. The zero-order chi connectivity index (χ0) is 15.7. The summed E-state index contributed by atoms with van der Waals surface area (Å²) in [4.78, 5) is 7.61. The molecule has 0 spiro atoms. The fourth-order valence-corrected chi connectivity index (χ4v) is 2.13. The maximum absolute atomic E-state index is 12.3. The summed E-state index contributed by atoms with van der Waals surface area (Å²) >= 11 is 0. The van der Waals surface area contributed by atoms with Crippen molar-refractivity contribution in [1.82, 2.24) is 19.9 Å². The number of hydrogen-bond donors (Lipinski definition) is 1. The first kappa shape index (κ1) is 16.2. The van der Waals surface area contributed by atoms with E-state index in [0.29, 0.717) is 44.4 Å². The van der Waals surface area contributed by atoms with Crippen LogP contribution in [0, 0.1) is 0 Å². The highest BCUT2D eigenvalue weighted by atomic mass is 19.4. The van der Waals surface area contributed by atoms with Crippen LogP contribution in [0.5, 0.6) is 0 Å². The fourth-order valence-electron chi connectivity index (χ4n) is 2.13. The van der Waals surface area contributed by atoms with E-state index in [0.717, 1.165) is 0 Å². The van der Waals surface area contributed by atoms with E-state index >= 15 is 0 Å². The smallest absolute Gasteiger partial charge is 0.338 e. The van der Waals surface area contributed by atoms with E-state index in [-0.39, 0.29) is 0 Å². The normalized spacial score (nSPS) is 19.1. The second kappa shape index (κ2) is 5.90. The lowest BCUT2D eigenvalue weighted by atomic mass is 10.1. The first-order valence-corrected chi connectivity index (χ1v) is 6.77. The number of rotatable bonds is 4. The van der Waals surface area contributed by atoms with Crippen molar-refractivity contribution in [2.45, 2.75) is 32.1 Å². The molecule has 21 heavy (non-hydrogen) atoms. The van der Waals surface area contributed by atoms with Gasteiger partial charge in [-0.1, -0.05) is 5.16 Å². The standard InChI is InChI=1S/C12H20F3N5O/c1-11(2,16)10-17-9(21-18-10)7-19-3-5-20(6-4-19)8-12(13,14)15/h3-8,16H2,1-2H3. The predicted molar refractivity (Wildman–Crippen MR) is 69.3 cm³/mol. The van der Waals surface area contributed by atoms with Crippen molar-refractivity contribution in [3.63, 3.8) is 0 Å². The van der Waals surface area contributed by atoms with Gasteiger partial charge < -0.3 is 10.3 Å². The molecule has 0 saturated carbocycles. The second-order valence-electron chi connectivity index (χ2n) is 5.90. The zero-order valence-electron chi connectivity index (χ0n) is 12.2. The number of hydrogen-bond acceptors (Lipinski definition) is 6. The fraction of sp³-hybridized carbons (Fsp3) is 0.833. The van der Waals surface area contributed by atoms with Gasteiger partial charge in [-0.05, 0) is 13.8 Å². The third kappa shape index (κ3) is 4.94. The Morgan fingerprint density at radius 3 is 2.19 bits per heavy atom. The van der Waals surface area contributed by atoms with Crippen LogP contribution in [0.4, 0.5) is 13.2 Å². The molecule has 1 saturated heterocycles. The van der Waals surface area contributed by atoms with Gasteiger partial charge in [-0.3, -0.25) is 9.80 Å². The number of nitrogens with two attached hydrogens (primary N) is 1. The van der Waals surface area contributed by atoms with Gasteiger partial charge in [0.1, 0.15) is 0 Å². The molecular weight excluding hydrogens is 287 g/mol. The number of halogens is 3. The SMILES string of the molecule is CC(C)(N)c1noc(CN2CCN(CC(F)(F)F)CC2)n1. The molecule has 1 aliphatic rings. The van der Waals surface area contributed by atoms with Gasteiger partial charge in [0.2, 0.25) is 5.89 Å². The summed E-state index contributed by atoms with van der Waals surface area (Å²) in [5, 5.41) is 3.82. The lowest BCUT2D eigenvalue weighted by Gasteiger charge is -2.34. The van der Waals surface area contributed by atoms with Crippen molar-refractivity contribution in [1.29, 1.82) is 0 Å². The number of alkyl halides is 3. The van der Waals surface area contributed by atoms with Crippen LogP contribution < -0.4 is 5.73 Å². The first-order valence-electron chi connectivity index (χ1n) is 6.77. The van der Waals surface area contributed by atoms with Gasteiger partial charge in [-0.25, -0.2) is 0 Å². The molecule has 0 atom stereocenters. The van der Waals surface area contributed by atoms with Crippen molar-refractivity contribution in [3.05, 3.63) is 11.7 Å². The van der Waals surface area contributed by atoms with Crippen LogP contribution in [0.15, 0.2) is 4.52 Å². The molecule has 1 aromatic rings. The molecule has 0 bridgehead atoms. The molecule has 0 radical (unpaired) electrons. The van der Waals surface area contributed by atoms with E-state index < -0.39 is 18.3 Å². The molecule has 0 unspecified atom stereocenters. The van der Waals surface area contributed by atoms with Crippen LogP contribution in [-0.4, -0.2) is 58.8 Å². The van der Waals surface area contributed by atoms with Crippen molar-refractivity contribution in [3.8, 4) is 0 Å². The maximum Gasteiger partial charge on any atom is 0.401 e. The summed E-state index contributed by atoms with van der Waals surface area (Å²) in [5.41, 5.74) is 5.19. The van der Waals surface area contributed by atoms with Crippen molar-refractivity contribution in [2.75, 3.05) is 32.7 Å². The van der Waals surface area contributed by atoms with Crippen LogP contribution in [0.25, 0.3) is 0 Å². The Kier molecular flexibility index (Phi) is 4.54. The Hall–Kier alpha value is -1.19. The molecule has 1 aromatic heterocycles. The largest absolute Gasteiger partial charge is 0.401 e. The lowest BCUT2D eigenvalue weighted by molar-refractivity contribution is -0.149. The lowest BCUT2D eigenvalue weighted by Crippen LogP contribution is -2.48. The first-order chi connectivity index (χ1) is 9.63. The minimum Gasteiger partial charge on any atom is -0.338 e. The van der Waals surface area contributed by atoms with Gasteiger partial charge in [-0.15, -0.1) is 0 Å². The summed E-state index contributed by atoms with van der Waals surface area (Å²) in [5.74, 6) is 0.862. The molecule has 9 heteroatoms. The maximum atomic E-state index is 12.3. The average molecular weight is 307 g/mol. The molecule has 1 fully saturated rings. The van der Waals surface area contributed by atoms with E-state index in [4.69, 9.17) is 10.3 Å². The van der Waals surface area contributed by atoms with Gasteiger partial charge in [0.15, 0.2) is 5.82 Å². The third-order valence-electron chi connectivity index (χ3n) is 3.27. The molecular formula is C12H20F3N5O.